The smallest absolute Gasteiger partial charge is 0.140 e. The van der Waals surface area contributed by atoms with Gasteiger partial charge in [0.15, 0.2) is 0 Å². The molecule has 0 radical (unpaired) electrons. The number of benzene rings is 2. The maximum atomic E-state index is 6.35. The van der Waals surface area contributed by atoms with E-state index in [0.717, 1.165) is 44.9 Å². The molecule has 3 rings (SSSR count). The van der Waals surface area contributed by atoms with Crippen LogP contribution in [0.1, 0.15) is 25.0 Å². The van der Waals surface area contributed by atoms with E-state index >= 15 is 0 Å². The lowest BCUT2D eigenvalue weighted by molar-refractivity contribution is 1.13. The van der Waals surface area contributed by atoms with E-state index in [9.17, 15) is 0 Å². The van der Waals surface area contributed by atoms with Crippen molar-refractivity contribution < 1.29 is 0 Å². The summed E-state index contributed by atoms with van der Waals surface area (Å²) in [5.74, 6) is 0.754. The molecule has 27 heavy (non-hydrogen) atoms. The quantitative estimate of drug-likeness (QED) is 0.464. The van der Waals surface area contributed by atoms with Crippen LogP contribution in [0, 0.1) is 6.92 Å². The third-order valence-electron chi connectivity index (χ3n) is 4.17. The lowest BCUT2D eigenvalue weighted by atomic mass is 10.1. The summed E-state index contributed by atoms with van der Waals surface area (Å²) < 4.78 is 0. The summed E-state index contributed by atoms with van der Waals surface area (Å²) >= 11 is 12.3. The van der Waals surface area contributed by atoms with Gasteiger partial charge in [-0.1, -0.05) is 53.6 Å². The second-order valence-corrected chi connectivity index (χ2v) is 7.38. The SMILES string of the molecule is C=C(NC(/C=C(\C)Cl)=C/C)c1ccc2nc(-c3cc(C)ccc3Cl)[nH]c2c1. The van der Waals surface area contributed by atoms with Gasteiger partial charge in [0.05, 0.1) is 16.1 Å². The zero-order chi connectivity index (χ0) is 19.6. The van der Waals surface area contributed by atoms with Gasteiger partial charge in [-0.25, -0.2) is 4.98 Å². The van der Waals surface area contributed by atoms with Crippen molar-refractivity contribution in [3.63, 3.8) is 0 Å². The van der Waals surface area contributed by atoms with Crippen molar-refractivity contribution >= 4 is 39.9 Å². The fourth-order valence-corrected chi connectivity index (χ4v) is 3.12. The van der Waals surface area contributed by atoms with E-state index in [0.29, 0.717) is 10.1 Å². The first-order chi connectivity index (χ1) is 12.9. The van der Waals surface area contributed by atoms with Gasteiger partial charge >= 0.3 is 0 Å². The van der Waals surface area contributed by atoms with Crippen molar-refractivity contribution in [3.8, 4) is 11.4 Å². The molecular weight excluding hydrogens is 377 g/mol. The Kier molecular flexibility index (Phi) is 5.73. The molecule has 0 saturated carbocycles. The van der Waals surface area contributed by atoms with E-state index < -0.39 is 0 Å². The molecule has 0 spiro atoms. The summed E-state index contributed by atoms with van der Waals surface area (Å²) in [6.45, 7) is 9.96. The Morgan fingerprint density at radius 2 is 2.00 bits per heavy atom. The lowest BCUT2D eigenvalue weighted by Gasteiger charge is -2.11. The van der Waals surface area contributed by atoms with E-state index in [4.69, 9.17) is 23.2 Å². The fourth-order valence-electron chi connectivity index (χ4n) is 2.80. The number of hydrogen-bond acceptors (Lipinski definition) is 2. The highest BCUT2D eigenvalue weighted by Gasteiger charge is 2.10. The molecule has 0 aliphatic carbocycles. The first-order valence-electron chi connectivity index (χ1n) is 8.60. The number of halogens is 2. The summed E-state index contributed by atoms with van der Waals surface area (Å²) in [5, 5.41) is 4.66. The number of aromatic nitrogens is 2. The summed E-state index contributed by atoms with van der Waals surface area (Å²) in [6.07, 6.45) is 3.81. The van der Waals surface area contributed by atoms with Crippen LogP contribution >= 0.6 is 23.2 Å². The molecule has 0 aliphatic heterocycles. The molecular formula is C22H21Cl2N3. The Balaban J connectivity index is 1.93. The largest absolute Gasteiger partial charge is 0.356 e. The van der Waals surface area contributed by atoms with Crippen LogP contribution in [0.2, 0.25) is 5.02 Å². The molecule has 138 valence electrons. The van der Waals surface area contributed by atoms with E-state index in [2.05, 4.69) is 21.9 Å². The van der Waals surface area contributed by atoms with Crippen LogP contribution in [0.25, 0.3) is 28.1 Å². The molecule has 3 aromatic rings. The summed E-state index contributed by atoms with van der Waals surface area (Å²) in [7, 11) is 0. The second kappa shape index (κ2) is 8.03. The first-order valence-corrected chi connectivity index (χ1v) is 9.35. The number of allylic oxidation sites excluding steroid dienone is 3. The zero-order valence-electron chi connectivity index (χ0n) is 15.5. The Morgan fingerprint density at radius 1 is 1.22 bits per heavy atom. The Labute approximate surface area is 169 Å². The predicted octanol–water partition coefficient (Wildman–Crippen LogP) is 6.80. The van der Waals surface area contributed by atoms with Crippen molar-refractivity contribution in [2.24, 2.45) is 0 Å². The molecule has 0 amide bonds. The minimum Gasteiger partial charge on any atom is -0.356 e. The monoisotopic (exact) mass is 397 g/mol. The molecule has 0 fully saturated rings. The third kappa shape index (κ3) is 4.44. The number of aromatic amines is 1. The van der Waals surface area contributed by atoms with Crippen molar-refractivity contribution in [1.82, 2.24) is 15.3 Å². The van der Waals surface area contributed by atoms with Crippen molar-refractivity contribution in [2.75, 3.05) is 0 Å². The molecule has 1 aromatic heterocycles. The molecule has 0 bridgehead atoms. The van der Waals surface area contributed by atoms with Crippen LogP contribution in [0.3, 0.4) is 0 Å². The molecule has 2 aromatic carbocycles. The molecule has 0 aliphatic rings. The van der Waals surface area contributed by atoms with Crippen molar-refractivity contribution in [1.29, 1.82) is 0 Å². The number of fused-ring (bicyclic) bond motifs is 1. The standard InChI is InChI=1S/C22H21Cl2N3/c1-5-17(11-14(3)23)25-15(4)16-7-9-20-21(12-16)27-22(26-20)18-10-13(2)6-8-19(18)24/h5-12,25H,4H2,1-3H3,(H,26,27)/b14-11+,17-5+. The van der Waals surface area contributed by atoms with E-state index in [-0.39, 0.29) is 0 Å². The van der Waals surface area contributed by atoms with Crippen LogP contribution in [0.15, 0.2) is 65.9 Å². The second-order valence-electron chi connectivity index (χ2n) is 6.38. The molecule has 0 atom stereocenters. The predicted molar refractivity (Wildman–Crippen MR) is 117 cm³/mol. The molecule has 0 unspecified atom stereocenters. The number of imidazole rings is 1. The van der Waals surface area contributed by atoms with Gasteiger partial charge in [-0.2, -0.15) is 0 Å². The maximum absolute atomic E-state index is 6.35. The average Bonchev–Trinajstić information content (AvgIpc) is 3.05. The van der Waals surface area contributed by atoms with Gasteiger partial charge in [0.25, 0.3) is 0 Å². The van der Waals surface area contributed by atoms with Crippen molar-refractivity contribution in [2.45, 2.75) is 20.8 Å². The highest BCUT2D eigenvalue weighted by atomic mass is 35.5. The van der Waals surface area contributed by atoms with Gasteiger partial charge < -0.3 is 10.3 Å². The van der Waals surface area contributed by atoms with Gasteiger partial charge in [0.1, 0.15) is 5.82 Å². The number of nitrogens with one attached hydrogen (secondary N) is 2. The minimum atomic E-state index is 0.673. The molecule has 1 heterocycles. The van der Waals surface area contributed by atoms with Crippen molar-refractivity contribution in [3.05, 3.63) is 82.0 Å². The number of H-pyrrole nitrogens is 1. The lowest BCUT2D eigenvalue weighted by Crippen LogP contribution is -2.09. The normalized spacial score (nSPS) is 12.5. The Hall–Kier alpha value is -2.49. The maximum Gasteiger partial charge on any atom is 0.140 e. The van der Waals surface area contributed by atoms with Crippen LogP contribution in [-0.2, 0) is 0 Å². The average molecular weight is 398 g/mol. The highest BCUT2D eigenvalue weighted by molar-refractivity contribution is 6.33. The number of rotatable bonds is 5. The molecule has 2 N–H and O–H groups in total. The Bertz CT molecular complexity index is 1070. The Morgan fingerprint density at radius 3 is 2.70 bits per heavy atom. The summed E-state index contributed by atoms with van der Waals surface area (Å²) in [4.78, 5) is 8.04. The molecule has 3 nitrogen and oxygen atoms in total. The molecule has 0 saturated heterocycles. The topological polar surface area (TPSA) is 40.7 Å². The van der Waals surface area contributed by atoms with Gasteiger partial charge in [-0.05, 0) is 56.7 Å². The van der Waals surface area contributed by atoms with Gasteiger partial charge in [-0.3, -0.25) is 0 Å². The highest BCUT2D eigenvalue weighted by Crippen LogP contribution is 2.29. The minimum absolute atomic E-state index is 0.673. The van der Waals surface area contributed by atoms with E-state index in [1.165, 1.54) is 0 Å². The van der Waals surface area contributed by atoms with Crippen LogP contribution in [0.4, 0.5) is 0 Å². The summed E-state index contributed by atoms with van der Waals surface area (Å²) in [6, 6.07) is 11.9. The fraction of sp³-hybridized carbons (Fsp3) is 0.136. The summed E-state index contributed by atoms with van der Waals surface area (Å²) in [5.41, 5.74) is 6.47. The zero-order valence-corrected chi connectivity index (χ0v) is 17.0. The van der Waals surface area contributed by atoms with Crippen LogP contribution in [0.5, 0.6) is 0 Å². The van der Waals surface area contributed by atoms with Gasteiger partial charge in [0.2, 0.25) is 0 Å². The van der Waals surface area contributed by atoms with Gasteiger partial charge in [0, 0.05) is 22.0 Å². The van der Waals surface area contributed by atoms with Gasteiger partial charge in [-0.15, -0.1) is 0 Å². The first kappa shape index (κ1) is 19.3. The van der Waals surface area contributed by atoms with Crippen LogP contribution < -0.4 is 5.32 Å². The van der Waals surface area contributed by atoms with E-state index in [1.807, 2.05) is 69.3 Å². The number of hydrogen-bond donors (Lipinski definition) is 2. The van der Waals surface area contributed by atoms with Crippen LogP contribution in [-0.4, -0.2) is 9.97 Å². The number of nitrogens with zero attached hydrogens (tertiary/aromatic N) is 1. The van der Waals surface area contributed by atoms with E-state index in [1.54, 1.807) is 0 Å². The molecule has 5 heteroatoms. The number of aryl methyl sites for hydroxylation is 1. The third-order valence-corrected chi connectivity index (χ3v) is 4.61.